The number of hydrogen-bond donors (Lipinski definition) is 2. The Morgan fingerprint density at radius 3 is 2.48 bits per heavy atom. The minimum atomic E-state index is -1.03. The third-order valence-corrected chi connectivity index (χ3v) is 7.58. The van der Waals surface area contributed by atoms with Crippen molar-refractivity contribution in [3.05, 3.63) is 58.3 Å². The summed E-state index contributed by atoms with van der Waals surface area (Å²) in [4.78, 5) is 39.9. The van der Waals surface area contributed by atoms with E-state index in [9.17, 15) is 19.5 Å². The molecule has 27 heavy (non-hydrogen) atoms. The zero-order valence-electron chi connectivity index (χ0n) is 14.5. The molecule has 1 aromatic heterocycles. The average Bonchev–Trinajstić information content (AvgIpc) is 3.35. The molecule has 1 N–H and O–H groups in total. The van der Waals surface area contributed by atoms with Gasteiger partial charge in [0, 0.05) is 16.2 Å². The second-order valence-corrected chi connectivity index (χ2v) is 8.91. The van der Waals surface area contributed by atoms with Crippen LogP contribution in [0.4, 0.5) is 0 Å². The van der Waals surface area contributed by atoms with E-state index in [1.807, 2.05) is 23.6 Å². The van der Waals surface area contributed by atoms with Gasteiger partial charge in [-0.1, -0.05) is 43.3 Å². The molecule has 8 heteroatoms. The SMILES string of the molecule is C[C@@H](C(=O)N1C(c2cccs2)SC[C@H]1C(=O)O)C(S)C(=O)c1ccccc1. The van der Waals surface area contributed by atoms with Crippen LogP contribution in [0.1, 0.15) is 27.5 Å². The first-order chi connectivity index (χ1) is 12.9. The molecule has 1 aromatic carbocycles. The molecule has 1 fully saturated rings. The Morgan fingerprint density at radius 2 is 1.89 bits per heavy atom. The molecule has 3 rings (SSSR count). The molecule has 2 heterocycles. The van der Waals surface area contributed by atoms with Gasteiger partial charge in [-0.2, -0.15) is 12.6 Å². The summed E-state index contributed by atoms with van der Waals surface area (Å²) in [6.07, 6.45) is 0. The summed E-state index contributed by atoms with van der Waals surface area (Å²) in [5.74, 6) is -2.07. The number of thiophene rings is 1. The van der Waals surface area contributed by atoms with Gasteiger partial charge in [-0.15, -0.1) is 23.1 Å². The van der Waals surface area contributed by atoms with Crippen molar-refractivity contribution in [3.8, 4) is 0 Å². The fraction of sp³-hybridized carbons (Fsp3) is 0.316. The lowest BCUT2D eigenvalue weighted by Gasteiger charge is -2.30. The normalized spacial score (nSPS) is 21.6. The number of carboxylic acids is 1. The third kappa shape index (κ3) is 4.07. The van der Waals surface area contributed by atoms with Crippen LogP contribution in [0.5, 0.6) is 0 Å². The number of hydrogen-bond acceptors (Lipinski definition) is 6. The molecule has 0 saturated carbocycles. The third-order valence-electron chi connectivity index (χ3n) is 4.52. The van der Waals surface area contributed by atoms with E-state index in [1.54, 1.807) is 31.2 Å². The van der Waals surface area contributed by atoms with E-state index in [1.165, 1.54) is 28.0 Å². The van der Waals surface area contributed by atoms with Crippen LogP contribution >= 0.6 is 35.7 Å². The fourth-order valence-electron chi connectivity index (χ4n) is 2.99. The van der Waals surface area contributed by atoms with Crippen LogP contribution in [-0.4, -0.2) is 44.7 Å². The first kappa shape index (κ1) is 20.0. The first-order valence-electron chi connectivity index (χ1n) is 8.39. The molecule has 0 radical (unpaired) electrons. The van der Waals surface area contributed by atoms with E-state index in [4.69, 9.17) is 0 Å². The van der Waals surface area contributed by atoms with Crippen LogP contribution < -0.4 is 0 Å². The maximum absolute atomic E-state index is 13.2. The van der Waals surface area contributed by atoms with E-state index in [0.717, 1.165) is 4.88 Å². The number of thioether (sulfide) groups is 1. The van der Waals surface area contributed by atoms with Crippen LogP contribution in [0.2, 0.25) is 0 Å². The Hall–Kier alpha value is -1.77. The molecule has 1 amide bonds. The van der Waals surface area contributed by atoms with Crippen molar-refractivity contribution in [1.82, 2.24) is 4.90 Å². The molecule has 4 atom stereocenters. The number of carbonyl (C=O) groups is 3. The van der Waals surface area contributed by atoms with Gasteiger partial charge in [0.2, 0.25) is 5.91 Å². The highest BCUT2D eigenvalue weighted by Gasteiger charge is 2.45. The molecule has 0 bridgehead atoms. The standard InChI is InChI=1S/C19H19NO4S3/c1-11(16(25)15(21)12-6-3-2-4-7-12)17(22)20-13(19(23)24)10-27-18(20)14-8-5-9-26-14/h2-9,11,13,16,18,25H,10H2,1H3,(H,23,24)/t11-,13+,16?,18?/m1/s1. The molecule has 142 valence electrons. The summed E-state index contributed by atoms with van der Waals surface area (Å²) < 4.78 is 0. The second kappa shape index (κ2) is 8.50. The zero-order chi connectivity index (χ0) is 19.6. The van der Waals surface area contributed by atoms with Gasteiger partial charge in [0.15, 0.2) is 5.78 Å². The highest BCUT2D eigenvalue weighted by Crippen LogP contribution is 2.44. The quantitative estimate of drug-likeness (QED) is 0.551. The number of benzene rings is 1. The Bertz CT molecular complexity index is 825. The van der Waals surface area contributed by atoms with Crippen LogP contribution in [-0.2, 0) is 9.59 Å². The lowest BCUT2D eigenvalue weighted by molar-refractivity contribution is -0.150. The summed E-state index contributed by atoms with van der Waals surface area (Å²) >= 11 is 7.32. The molecule has 1 aliphatic rings. The Labute approximate surface area is 171 Å². The number of Topliss-reactive ketones (excluding diaryl/α,β-unsaturated/α-hetero) is 1. The van der Waals surface area contributed by atoms with Crippen LogP contribution in [0.3, 0.4) is 0 Å². The highest BCUT2D eigenvalue weighted by molar-refractivity contribution is 7.99. The summed E-state index contributed by atoms with van der Waals surface area (Å²) in [6, 6.07) is 11.5. The molecule has 0 aliphatic carbocycles. The summed E-state index contributed by atoms with van der Waals surface area (Å²) in [5, 5.41) is 10.3. The van der Waals surface area contributed by atoms with E-state index in [-0.39, 0.29) is 17.1 Å². The zero-order valence-corrected chi connectivity index (χ0v) is 17.0. The average molecular weight is 422 g/mol. The predicted octanol–water partition coefficient (Wildman–Crippen LogP) is 3.59. The van der Waals surface area contributed by atoms with E-state index in [0.29, 0.717) is 11.3 Å². The second-order valence-electron chi connectivity index (χ2n) is 6.26. The van der Waals surface area contributed by atoms with Gasteiger partial charge in [0.05, 0.1) is 11.2 Å². The number of carboxylic acid groups (broad SMARTS) is 1. The van der Waals surface area contributed by atoms with Crippen LogP contribution in [0.25, 0.3) is 0 Å². The van der Waals surface area contributed by atoms with Crippen molar-refractivity contribution in [2.45, 2.75) is 23.6 Å². The molecule has 1 saturated heterocycles. The summed E-state index contributed by atoms with van der Waals surface area (Å²) in [6.45, 7) is 1.63. The van der Waals surface area contributed by atoms with Gasteiger partial charge in [-0.25, -0.2) is 4.79 Å². The van der Waals surface area contributed by atoms with Crippen molar-refractivity contribution < 1.29 is 19.5 Å². The minimum absolute atomic E-state index is 0.244. The number of carbonyl (C=O) groups excluding carboxylic acids is 2. The van der Waals surface area contributed by atoms with Gasteiger partial charge in [0.25, 0.3) is 0 Å². The molecule has 0 spiro atoms. The van der Waals surface area contributed by atoms with Crippen molar-refractivity contribution >= 4 is 53.4 Å². The molecular weight excluding hydrogens is 402 g/mol. The van der Waals surface area contributed by atoms with E-state index in [2.05, 4.69) is 12.6 Å². The van der Waals surface area contributed by atoms with Crippen LogP contribution in [0.15, 0.2) is 47.8 Å². The lowest BCUT2D eigenvalue weighted by Crippen LogP contribution is -2.47. The first-order valence-corrected chi connectivity index (χ1v) is 10.8. The van der Waals surface area contributed by atoms with Crippen molar-refractivity contribution in [3.63, 3.8) is 0 Å². The maximum Gasteiger partial charge on any atom is 0.327 e. The smallest absolute Gasteiger partial charge is 0.327 e. The minimum Gasteiger partial charge on any atom is -0.480 e. The van der Waals surface area contributed by atoms with Crippen molar-refractivity contribution in [2.24, 2.45) is 5.92 Å². The predicted molar refractivity (Wildman–Crippen MR) is 110 cm³/mol. The Balaban J connectivity index is 1.84. The molecule has 5 nitrogen and oxygen atoms in total. The Morgan fingerprint density at radius 1 is 1.19 bits per heavy atom. The molecular formula is C19H19NO4S3. The highest BCUT2D eigenvalue weighted by atomic mass is 32.2. The number of aliphatic carboxylic acids is 1. The maximum atomic E-state index is 13.2. The van der Waals surface area contributed by atoms with Gasteiger partial charge in [-0.3, -0.25) is 9.59 Å². The van der Waals surface area contributed by atoms with Gasteiger partial charge >= 0.3 is 5.97 Å². The van der Waals surface area contributed by atoms with E-state index >= 15 is 0 Å². The van der Waals surface area contributed by atoms with Gasteiger partial charge < -0.3 is 10.0 Å². The van der Waals surface area contributed by atoms with Gasteiger partial charge in [-0.05, 0) is 11.4 Å². The lowest BCUT2D eigenvalue weighted by atomic mass is 9.97. The van der Waals surface area contributed by atoms with E-state index < -0.39 is 23.2 Å². The number of amides is 1. The largest absolute Gasteiger partial charge is 0.480 e. The molecule has 2 unspecified atom stereocenters. The number of ketones is 1. The number of thiol groups is 1. The summed E-state index contributed by atoms with van der Waals surface area (Å²) in [7, 11) is 0. The number of nitrogens with zero attached hydrogens (tertiary/aromatic N) is 1. The fourth-order valence-corrected chi connectivity index (χ4v) is 5.66. The van der Waals surface area contributed by atoms with Crippen molar-refractivity contribution in [1.29, 1.82) is 0 Å². The number of rotatable bonds is 6. The van der Waals surface area contributed by atoms with Gasteiger partial charge in [0.1, 0.15) is 11.4 Å². The Kier molecular flexibility index (Phi) is 6.29. The summed E-state index contributed by atoms with van der Waals surface area (Å²) in [5.41, 5.74) is 0.484. The van der Waals surface area contributed by atoms with Crippen molar-refractivity contribution in [2.75, 3.05) is 5.75 Å². The topological polar surface area (TPSA) is 74.7 Å². The molecule has 2 aromatic rings. The monoisotopic (exact) mass is 421 g/mol. The molecule has 1 aliphatic heterocycles. The van der Waals surface area contributed by atoms with Crippen LogP contribution in [0, 0.1) is 5.92 Å².